The van der Waals surface area contributed by atoms with Gasteiger partial charge in [0.1, 0.15) is 28.7 Å². The second-order valence-corrected chi connectivity index (χ2v) is 12.8. The number of cyclic esters (lactones) is 1. The van der Waals surface area contributed by atoms with Gasteiger partial charge in [-0.25, -0.2) is 4.79 Å². The maximum atomic E-state index is 14.1. The first kappa shape index (κ1) is 27.4. The Bertz CT molecular complexity index is 1290. The molecule has 2 bridgehead atoms. The Morgan fingerprint density at radius 1 is 1.20 bits per heavy atom. The number of ketones is 1. The summed E-state index contributed by atoms with van der Waals surface area (Å²) in [5, 5.41) is 48.4. The van der Waals surface area contributed by atoms with Crippen molar-refractivity contribution < 1.29 is 58.2 Å². The van der Waals surface area contributed by atoms with Gasteiger partial charge in [-0.3, -0.25) is 14.4 Å². The van der Waals surface area contributed by atoms with Gasteiger partial charge in [-0.1, -0.05) is 13.8 Å². The second-order valence-electron chi connectivity index (χ2n) is 12.8. The van der Waals surface area contributed by atoms with Crippen LogP contribution in [0, 0.1) is 34.5 Å². The van der Waals surface area contributed by atoms with E-state index in [9.17, 15) is 39.6 Å². The predicted octanol–water partition coefficient (Wildman–Crippen LogP) is 0.198. The van der Waals surface area contributed by atoms with Gasteiger partial charge in [0.2, 0.25) is 0 Å². The van der Waals surface area contributed by atoms with Crippen LogP contribution in [0.1, 0.15) is 58.1 Å². The number of ether oxygens (including phenoxy) is 3. The Labute approximate surface area is 229 Å². The van der Waals surface area contributed by atoms with Crippen molar-refractivity contribution in [1.82, 2.24) is 0 Å². The molecule has 6 rings (SSSR count). The molecule has 1 aliphatic heterocycles. The van der Waals surface area contributed by atoms with Crippen LogP contribution in [0.25, 0.3) is 0 Å². The average Bonchev–Trinajstić information content (AvgIpc) is 3.55. The fourth-order valence-electron chi connectivity index (χ4n) is 9.79. The largest absolute Gasteiger partial charge is 0.472 e. The van der Waals surface area contributed by atoms with Crippen LogP contribution < -0.4 is 0 Å². The molecule has 12 nitrogen and oxygen atoms in total. The van der Waals surface area contributed by atoms with Crippen molar-refractivity contribution in [1.29, 1.82) is 0 Å². The first-order valence-corrected chi connectivity index (χ1v) is 13.5. The lowest BCUT2D eigenvalue weighted by atomic mass is 9.39. The summed E-state index contributed by atoms with van der Waals surface area (Å²) in [4.78, 5) is 52.2. The van der Waals surface area contributed by atoms with Crippen LogP contribution in [0.15, 0.2) is 23.0 Å². The van der Waals surface area contributed by atoms with Gasteiger partial charge < -0.3 is 39.1 Å². The number of furan rings is 1. The lowest BCUT2D eigenvalue weighted by Gasteiger charge is -2.70. The standard InChI is InChI=1S/C28H34O12/c1-12(29)40-26-11-24(2)17(19(31)23(34)37-4)16(26)14-5-7-25(3)22(13-6-8-38-10-13)39-15(30)9-27(25,35)28(14,36)21(33)18(26)20(24)32/h6,8,10,14,16-19,21-22,31,33,35-36H,5,7,9,11H2,1-4H3/t14-,16-,17+,18-,19+,21+,22+,24-,25+,26+,27+,28-/m1/s1. The van der Waals surface area contributed by atoms with Crippen LogP contribution >= 0.6 is 0 Å². The molecule has 4 N–H and O–H groups in total. The predicted molar refractivity (Wildman–Crippen MR) is 130 cm³/mol. The molecule has 1 aromatic rings. The highest BCUT2D eigenvalue weighted by Crippen LogP contribution is 2.76. The van der Waals surface area contributed by atoms with Gasteiger partial charge in [-0.05, 0) is 18.9 Å². The summed E-state index contributed by atoms with van der Waals surface area (Å²) in [6.45, 7) is 4.36. The zero-order valence-electron chi connectivity index (χ0n) is 22.7. The maximum absolute atomic E-state index is 14.1. The minimum absolute atomic E-state index is 0.0918. The van der Waals surface area contributed by atoms with Crippen molar-refractivity contribution >= 4 is 23.7 Å². The molecule has 0 radical (unpaired) electrons. The number of aliphatic hydroxyl groups is 4. The second kappa shape index (κ2) is 8.15. The van der Waals surface area contributed by atoms with Gasteiger partial charge in [-0.2, -0.15) is 0 Å². The van der Waals surface area contributed by atoms with Gasteiger partial charge in [-0.15, -0.1) is 0 Å². The highest BCUT2D eigenvalue weighted by atomic mass is 16.6. The van der Waals surface area contributed by atoms with E-state index in [-0.39, 0.29) is 19.3 Å². The van der Waals surface area contributed by atoms with E-state index in [1.165, 1.54) is 12.5 Å². The Morgan fingerprint density at radius 3 is 2.50 bits per heavy atom. The fraction of sp³-hybridized carbons (Fsp3) is 0.714. The molecule has 2 heterocycles. The third kappa shape index (κ3) is 2.85. The number of carbonyl (C=O) groups excluding carboxylic acids is 4. The Kier molecular flexibility index (Phi) is 5.58. The summed E-state index contributed by atoms with van der Waals surface area (Å²) < 4.78 is 21.5. The van der Waals surface area contributed by atoms with Gasteiger partial charge in [0.25, 0.3) is 0 Å². The van der Waals surface area contributed by atoms with Crippen LogP contribution in [0.3, 0.4) is 0 Å². The molecule has 0 unspecified atom stereocenters. The molecule has 4 saturated carbocycles. The highest BCUT2D eigenvalue weighted by molar-refractivity contribution is 5.95. The maximum Gasteiger partial charge on any atom is 0.335 e. The smallest absolute Gasteiger partial charge is 0.335 e. The SMILES string of the molecule is COC(=O)[C@@H](O)[C@@H]1[C@H]2[C@H]3CC[C@@]4(C)[C@H](c5ccoc5)OC(=O)C[C@@]4(O)[C@]3(O)[C@@H](O)[C@H]3C(=O)[C@]1(C)C[C@]23OC(C)=O. The van der Waals surface area contributed by atoms with E-state index >= 15 is 0 Å². The molecule has 0 amide bonds. The zero-order chi connectivity index (χ0) is 29.2. The molecular formula is C28H34O12. The van der Waals surface area contributed by atoms with Gasteiger partial charge in [0.15, 0.2) is 6.10 Å². The van der Waals surface area contributed by atoms with Crippen LogP contribution in [0.2, 0.25) is 0 Å². The summed E-state index contributed by atoms with van der Waals surface area (Å²) in [5.41, 5.74) is -8.77. The summed E-state index contributed by atoms with van der Waals surface area (Å²) >= 11 is 0. The molecule has 5 fully saturated rings. The van der Waals surface area contributed by atoms with Crippen molar-refractivity contribution in [2.24, 2.45) is 34.5 Å². The lowest BCUT2D eigenvalue weighted by Crippen LogP contribution is -2.84. The molecule has 218 valence electrons. The molecule has 0 spiro atoms. The first-order valence-electron chi connectivity index (χ1n) is 13.5. The monoisotopic (exact) mass is 562 g/mol. The van der Waals surface area contributed by atoms with E-state index in [0.29, 0.717) is 5.56 Å². The van der Waals surface area contributed by atoms with E-state index in [4.69, 9.17) is 18.6 Å². The number of fused-ring (bicyclic) bond motifs is 5. The van der Waals surface area contributed by atoms with E-state index < -0.39 is 99.7 Å². The van der Waals surface area contributed by atoms with E-state index in [1.807, 2.05) is 0 Å². The van der Waals surface area contributed by atoms with Crippen molar-refractivity contribution in [3.8, 4) is 0 Å². The number of esters is 3. The van der Waals surface area contributed by atoms with Gasteiger partial charge in [0, 0.05) is 47.5 Å². The van der Waals surface area contributed by atoms with Crippen molar-refractivity contribution in [3.05, 3.63) is 24.2 Å². The minimum Gasteiger partial charge on any atom is -0.472 e. The topological polar surface area (TPSA) is 190 Å². The average molecular weight is 563 g/mol. The third-order valence-electron chi connectivity index (χ3n) is 11.2. The van der Waals surface area contributed by atoms with Crippen molar-refractivity contribution in [2.75, 3.05) is 7.11 Å². The van der Waals surface area contributed by atoms with Crippen molar-refractivity contribution in [3.63, 3.8) is 0 Å². The number of Topliss-reactive ketones (excluding diaryl/α,β-unsaturated/α-hetero) is 1. The van der Waals surface area contributed by atoms with Crippen molar-refractivity contribution in [2.45, 2.75) is 81.6 Å². The molecule has 12 atom stereocenters. The quantitative estimate of drug-likeness (QED) is 0.288. The van der Waals surface area contributed by atoms with Crippen LogP contribution in [-0.2, 0) is 33.4 Å². The van der Waals surface area contributed by atoms with Crippen LogP contribution in [0.5, 0.6) is 0 Å². The van der Waals surface area contributed by atoms with Gasteiger partial charge >= 0.3 is 17.9 Å². The van der Waals surface area contributed by atoms with Crippen LogP contribution in [-0.4, -0.2) is 80.2 Å². The number of methoxy groups -OCH3 is 1. The zero-order valence-corrected chi connectivity index (χ0v) is 22.7. The summed E-state index contributed by atoms with van der Waals surface area (Å²) in [6.07, 6.45) is -2.54. The molecule has 5 aliphatic rings. The molecule has 1 saturated heterocycles. The Hall–Kier alpha value is -2.80. The first-order chi connectivity index (χ1) is 18.6. The summed E-state index contributed by atoms with van der Waals surface area (Å²) in [5.74, 6) is -7.96. The molecular weight excluding hydrogens is 528 g/mol. The lowest BCUT2D eigenvalue weighted by molar-refractivity contribution is -0.364. The normalized spacial score (nSPS) is 49.5. The van der Waals surface area contributed by atoms with Crippen LogP contribution in [0.4, 0.5) is 0 Å². The van der Waals surface area contributed by atoms with E-state index in [1.54, 1.807) is 19.9 Å². The number of aliphatic hydroxyl groups excluding tert-OH is 2. The summed E-state index contributed by atoms with van der Waals surface area (Å²) in [6, 6.07) is 1.58. The third-order valence-corrected chi connectivity index (χ3v) is 11.2. The molecule has 1 aromatic heterocycles. The highest BCUT2D eigenvalue weighted by Gasteiger charge is 2.88. The summed E-state index contributed by atoms with van der Waals surface area (Å²) in [7, 11) is 1.09. The Balaban J connectivity index is 1.57. The number of hydrogen-bond donors (Lipinski definition) is 4. The fourth-order valence-corrected chi connectivity index (χ4v) is 9.79. The van der Waals surface area contributed by atoms with Gasteiger partial charge in [0.05, 0.1) is 38.1 Å². The molecule has 4 aliphatic carbocycles. The molecule has 12 heteroatoms. The number of rotatable bonds is 4. The van der Waals surface area contributed by atoms with E-state index in [2.05, 4.69) is 0 Å². The number of hydrogen-bond acceptors (Lipinski definition) is 12. The molecule has 40 heavy (non-hydrogen) atoms. The number of carbonyl (C=O) groups is 4. The molecule has 0 aromatic carbocycles. The van der Waals surface area contributed by atoms with E-state index in [0.717, 1.165) is 14.0 Å². The Morgan fingerprint density at radius 2 is 1.90 bits per heavy atom. The minimum atomic E-state index is -2.49.